The molecule has 0 fully saturated rings. The van der Waals surface area contributed by atoms with Gasteiger partial charge >= 0.3 is 0 Å². The van der Waals surface area contributed by atoms with Crippen LogP contribution in [-0.2, 0) is 6.42 Å². The van der Waals surface area contributed by atoms with Crippen molar-refractivity contribution in [3.63, 3.8) is 0 Å². The van der Waals surface area contributed by atoms with Crippen molar-refractivity contribution in [1.82, 2.24) is 15.3 Å². The summed E-state index contributed by atoms with van der Waals surface area (Å²) in [5, 5.41) is 3.91. The van der Waals surface area contributed by atoms with Crippen LogP contribution in [0.1, 0.15) is 17.2 Å². The number of rotatable bonds is 3. The van der Waals surface area contributed by atoms with Crippen molar-refractivity contribution in [3.8, 4) is 0 Å². The van der Waals surface area contributed by atoms with E-state index < -0.39 is 0 Å². The van der Waals surface area contributed by atoms with Gasteiger partial charge in [-0.3, -0.25) is 0 Å². The Morgan fingerprint density at radius 1 is 1.28 bits per heavy atom. The maximum absolute atomic E-state index is 4.11. The lowest BCUT2D eigenvalue weighted by Crippen LogP contribution is -2.27. The Kier molecular flexibility index (Phi) is 3.30. The highest BCUT2D eigenvalue weighted by atomic mass is 32.2. The van der Waals surface area contributed by atoms with Gasteiger partial charge in [-0.05, 0) is 25.1 Å². The van der Waals surface area contributed by atoms with Crippen molar-refractivity contribution in [2.75, 3.05) is 7.05 Å². The summed E-state index contributed by atoms with van der Waals surface area (Å²) in [5.41, 5.74) is 2.61. The number of hydrogen-bond acceptors (Lipinski definition) is 4. The Labute approximate surface area is 111 Å². The molecule has 1 N–H and O–H groups in total. The standard InChI is InChI=1S/C14H15N3S/c1-15-14(11-7-16-9-17-8-11)13-6-10-4-2-3-5-12(10)18-13/h2-5,7-9,13-15H,6H2,1H3. The van der Waals surface area contributed by atoms with E-state index in [0.29, 0.717) is 11.3 Å². The summed E-state index contributed by atoms with van der Waals surface area (Å²) in [5.74, 6) is 0. The Morgan fingerprint density at radius 3 is 2.78 bits per heavy atom. The van der Waals surface area contributed by atoms with Crippen LogP contribution < -0.4 is 5.32 Å². The van der Waals surface area contributed by atoms with E-state index in [0.717, 1.165) is 12.0 Å². The monoisotopic (exact) mass is 257 g/mol. The van der Waals surface area contributed by atoms with Gasteiger partial charge in [0, 0.05) is 34.1 Å². The van der Waals surface area contributed by atoms with Crippen molar-refractivity contribution >= 4 is 11.8 Å². The van der Waals surface area contributed by atoms with Crippen molar-refractivity contribution in [2.45, 2.75) is 22.6 Å². The maximum atomic E-state index is 4.11. The number of thioether (sulfide) groups is 1. The summed E-state index contributed by atoms with van der Waals surface area (Å²) in [6.07, 6.45) is 6.48. The molecule has 0 bridgehead atoms. The number of hydrogen-bond donors (Lipinski definition) is 1. The highest BCUT2D eigenvalue weighted by Gasteiger charge is 2.29. The van der Waals surface area contributed by atoms with E-state index in [1.54, 1.807) is 6.33 Å². The van der Waals surface area contributed by atoms with Gasteiger partial charge in [0.05, 0.1) is 0 Å². The van der Waals surface area contributed by atoms with Crippen molar-refractivity contribution in [3.05, 3.63) is 54.1 Å². The summed E-state index contributed by atoms with van der Waals surface area (Å²) in [7, 11) is 2.00. The third kappa shape index (κ3) is 2.13. The van der Waals surface area contributed by atoms with E-state index in [-0.39, 0.29) is 0 Å². The molecule has 0 radical (unpaired) electrons. The van der Waals surface area contributed by atoms with E-state index in [1.807, 2.05) is 31.2 Å². The smallest absolute Gasteiger partial charge is 0.115 e. The number of fused-ring (bicyclic) bond motifs is 1. The number of benzene rings is 1. The molecule has 0 saturated carbocycles. The third-order valence-corrected chi connectivity index (χ3v) is 4.69. The van der Waals surface area contributed by atoms with Crippen LogP contribution in [0.3, 0.4) is 0 Å². The quantitative estimate of drug-likeness (QED) is 0.916. The van der Waals surface area contributed by atoms with Crippen LogP contribution in [0.2, 0.25) is 0 Å². The van der Waals surface area contributed by atoms with Crippen LogP contribution in [0.15, 0.2) is 47.9 Å². The summed E-state index contributed by atoms with van der Waals surface area (Å²) in [6, 6.07) is 8.93. The lowest BCUT2D eigenvalue weighted by Gasteiger charge is -2.21. The normalized spacial score (nSPS) is 19.5. The predicted molar refractivity (Wildman–Crippen MR) is 73.6 cm³/mol. The molecule has 2 heterocycles. The number of aromatic nitrogens is 2. The first-order valence-corrected chi connectivity index (χ1v) is 6.93. The van der Waals surface area contributed by atoms with E-state index in [4.69, 9.17) is 0 Å². The first kappa shape index (κ1) is 11.7. The average molecular weight is 257 g/mol. The zero-order chi connectivity index (χ0) is 12.4. The molecule has 0 aliphatic carbocycles. The molecule has 2 atom stereocenters. The molecule has 1 aliphatic heterocycles. The summed E-state index contributed by atoms with van der Waals surface area (Å²) in [4.78, 5) is 9.63. The van der Waals surface area contributed by atoms with Crippen LogP contribution in [0.4, 0.5) is 0 Å². The molecule has 0 amide bonds. The molecule has 0 spiro atoms. The van der Waals surface area contributed by atoms with E-state index in [1.165, 1.54) is 10.5 Å². The molecule has 1 aromatic carbocycles. The van der Waals surface area contributed by atoms with Gasteiger partial charge in [0.2, 0.25) is 0 Å². The molecule has 4 heteroatoms. The number of nitrogens with zero attached hydrogens (tertiary/aromatic N) is 2. The fourth-order valence-electron chi connectivity index (χ4n) is 2.43. The second-order valence-electron chi connectivity index (χ2n) is 4.41. The molecular weight excluding hydrogens is 242 g/mol. The molecule has 0 saturated heterocycles. The van der Waals surface area contributed by atoms with Crippen LogP contribution in [-0.4, -0.2) is 22.3 Å². The van der Waals surface area contributed by atoms with Crippen LogP contribution in [0.5, 0.6) is 0 Å². The minimum absolute atomic E-state index is 0.295. The number of nitrogens with one attached hydrogen (secondary N) is 1. The Balaban J connectivity index is 1.84. The summed E-state index contributed by atoms with van der Waals surface area (Å²) >= 11 is 1.95. The van der Waals surface area contributed by atoms with Crippen LogP contribution in [0.25, 0.3) is 0 Å². The minimum Gasteiger partial charge on any atom is -0.312 e. The van der Waals surface area contributed by atoms with E-state index in [9.17, 15) is 0 Å². The van der Waals surface area contributed by atoms with Gasteiger partial charge in [-0.2, -0.15) is 0 Å². The van der Waals surface area contributed by atoms with Crippen LogP contribution in [0, 0.1) is 0 Å². The topological polar surface area (TPSA) is 37.8 Å². The predicted octanol–water partition coefficient (Wildman–Crippen LogP) is 2.45. The van der Waals surface area contributed by atoms with Gasteiger partial charge in [-0.15, -0.1) is 11.8 Å². The minimum atomic E-state index is 0.295. The lowest BCUT2D eigenvalue weighted by molar-refractivity contribution is 0.564. The Bertz CT molecular complexity index is 505. The maximum Gasteiger partial charge on any atom is 0.115 e. The first-order chi connectivity index (χ1) is 8.88. The van der Waals surface area contributed by atoms with Gasteiger partial charge in [0.15, 0.2) is 0 Å². The fourth-order valence-corrected chi connectivity index (χ4v) is 3.91. The molecule has 3 nitrogen and oxygen atoms in total. The van der Waals surface area contributed by atoms with E-state index in [2.05, 4.69) is 39.6 Å². The fraction of sp³-hybridized carbons (Fsp3) is 0.286. The van der Waals surface area contributed by atoms with Gasteiger partial charge in [-0.25, -0.2) is 9.97 Å². The average Bonchev–Trinajstić information content (AvgIpc) is 2.84. The van der Waals surface area contributed by atoms with Gasteiger partial charge < -0.3 is 5.32 Å². The van der Waals surface area contributed by atoms with Gasteiger partial charge in [0.25, 0.3) is 0 Å². The SMILES string of the molecule is CNC(c1cncnc1)C1Cc2ccccc2S1. The van der Waals surface area contributed by atoms with E-state index >= 15 is 0 Å². The molecular formula is C14H15N3S. The Hall–Kier alpha value is -1.39. The summed E-state index contributed by atoms with van der Waals surface area (Å²) < 4.78 is 0. The van der Waals surface area contributed by atoms with Gasteiger partial charge in [-0.1, -0.05) is 18.2 Å². The molecule has 92 valence electrons. The molecule has 1 aromatic heterocycles. The highest BCUT2D eigenvalue weighted by Crippen LogP contribution is 2.42. The van der Waals surface area contributed by atoms with Crippen molar-refractivity contribution in [1.29, 1.82) is 0 Å². The first-order valence-electron chi connectivity index (χ1n) is 6.05. The second kappa shape index (κ2) is 5.08. The second-order valence-corrected chi connectivity index (χ2v) is 5.69. The Morgan fingerprint density at radius 2 is 2.06 bits per heavy atom. The zero-order valence-corrected chi connectivity index (χ0v) is 11.0. The lowest BCUT2D eigenvalue weighted by atomic mass is 10.0. The van der Waals surface area contributed by atoms with Crippen molar-refractivity contribution < 1.29 is 0 Å². The largest absolute Gasteiger partial charge is 0.312 e. The van der Waals surface area contributed by atoms with Crippen LogP contribution >= 0.6 is 11.8 Å². The summed E-state index contributed by atoms with van der Waals surface area (Å²) in [6.45, 7) is 0. The van der Waals surface area contributed by atoms with Crippen molar-refractivity contribution in [2.24, 2.45) is 0 Å². The molecule has 3 rings (SSSR count). The molecule has 18 heavy (non-hydrogen) atoms. The highest BCUT2D eigenvalue weighted by molar-refractivity contribution is 8.00. The molecule has 1 aliphatic rings. The third-order valence-electron chi connectivity index (χ3n) is 3.29. The zero-order valence-electron chi connectivity index (χ0n) is 10.2. The molecule has 2 aromatic rings. The molecule has 2 unspecified atom stereocenters. The van der Waals surface area contributed by atoms with Gasteiger partial charge in [0.1, 0.15) is 6.33 Å².